The molecule has 0 saturated carbocycles. The van der Waals surface area contributed by atoms with E-state index < -0.39 is 17.9 Å². The van der Waals surface area contributed by atoms with Crippen molar-refractivity contribution in [1.82, 2.24) is 10.3 Å². The molecule has 2 aromatic rings. The smallest absolute Gasteiger partial charge is 0.308 e. The van der Waals surface area contributed by atoms with Gasteiger partial charge < -0.3 is 10.4 Å². The molecule has 0 radical (unpaired) electrons. The lowest BCUT2D eigenvalue weighted by molar-refractivity contribution is -0.142. The van der Waals surface area contributed by atoms with Crippen LogP contribution in [0.4, 0.5) is 0 Å². The SMILES string of the molecule is CC(C(=O)O)C(NC(=O)c1csc(C(C)(C)C)n1)c1ccccc1. The van der Waals surface area contributed by atoms with E-state index in [1.54, 1.807) is 12.3 Å². The molecule has 6 heteroatoms. The molecule has 0 fully saturated rings. The summed E-state index contributed by atoms with van der Waals surface area (Å²) in [6.07, 6.45) is 0. The highest BCUT2D eigenvalue weighted by Crippen LogP contribution is 2.27. The van der Waals surface area contributed by atoms with E-state index >= 15 is 0 Å². The molecule has 2 N–H and O–H groups in total. The van der Waals surface area contributed by atoms with Gasteiger partial charge in [0, 0.05) is 10.8 Å². The van der Waals surface area contributed by atoms with Gasteiger partial charge in [-0.1, -0.05) is 51.1 Å². The predicted octanol–water partition coefficient (Wildman–Crippen LogP) is 3.63. The first-order valence-corrected chi connectivity index (χ1v) is 8.62. The van der Waals surface area contributed by atoms with Crippen molar-refractivity contribution in [3.05, 3.63) is 52.0 Å². The summed E-state index contributed by atoms with van der Waals surface area (Å²) in [5.41, 5.74) is 0.951. The third-order valence-electron chi connectivity index (χ3n) is 3.71. The van der Waals surface area contributed by atoms with Crippen molar-refractivity contribution in [1.29, 1.82) is 0 Å². The van der Waals surface area contributed by atoms with Crippen LogP contribution < -0.4 is 5.32 Å². The van der Waals surface area contributed by atoms with Gasteiger partial charge in [-0.15, -0.1) is 11.3 Å². The number of thiazole rings is 1. The van der Waals surface area contributed by atoms with E-state index in [1.807, 2.05) is 51.1 Å². The third kappa shape index (κ3) is 4.20. The van der Waals surface area contributed by atoms with E-state index in [4.69, 9.17) is 0 Å². The lowest BCUT2D eigenvalue weighted by Gasteiger charge is -2.22. The molecule has 0 spiro atoms. The van der Waals surface area contributed by atoms with Crippen LogP contribution in [0.15, 0.2) is 35.7 Å². The number of carbonyl (C=O) groups is 2. The molecule has 128 valence electrons. The number of hydrogen-bond acceptors (Lipinski definition) is 4. The van der Waals surface area contributed by atoms with Crippen LogP contribution >= 0.6 is 11.3 Å². The van der Waals surface area contributed by atoms with E-state index in [0.29, 0.717) is 5.69 Å². The Morgan fingerprint density at radius 1 is 1.21 bits per heavy atom. The predicted molar refractivity (Wildman–Crippen MR) is 94.3 cm³/mol. The zero-order valence-electron chi connectivity index (χ0n) is 14.2. The Balaban J connectivity index is 2.25. The maximum Gasteiger partial charge on any atom is 0.308 e. The van der Waals surface area contributed by atoms with E-state index in [-0.39, 0.29) is 11.3 Å². The number of benzene rings is 1. The number of aliphatic carboxylic acids is 1. The zero-order chi connectivity index (χ0) is 17.9. The number of carbonyl (C=O) groups excluding carboxylic acids is 1. The molecule has 1 heterocycles. The van der Waals surface area contributed by atoms with Crippen molar-refractivity contribution in [3.63, 3.8) is 0 Å². The lowest BCUT2D eigenvalue weighted by Crippen LogP contribution is -2.35. The number of aromatic nitrogens is 1. The number of hydrogen-bond donors (Lipinski definition) is 2. The van der Waals surface area contributed by atoms with Gasteiger partial charge in [0.15, 0.2) is 0 Å². The number of carboxylic acid groups (broad SMARTS) is 1. The summed E-state index contributed by atoms with van der Waals surface area (Å²) in [6.45, 7) is 7.69. The molecule has 24 heavy (non-hydrogen) atoms. The van der Waals surface area contributed by atoms with E-state index in [9.17, 15) is 14.7 Å². The molecular weight excluding hydrogens is 324 g/mol. The van der Waals surface area contributed by atoms with Crippen LogP contribution in [0.25, 0.3) is 0 Å². The Morgan fingerprint density at radius 2 is 1.83 bits per heavy atom. The Morgan fingerprint density at radius 3 is 2.33 bits per heavy atom. The normalized spacial score (nSPS) is 14.0. The fraction of sp³-hybridized carbons (Fsp3) is 0.389. The average Bonchev–Trinajstić information content (AvgIpc) is 3.02. The highest BCUT2D eigenvalue weighted by atomic mass is 32.1. The summed E-state index contributed by atoms with van der Waals surface area (Å²) in [4.78, 5) is 28.3. The van der Waals surface area contributed by atoms with Crippen LogP contribution in [0.1, 0.15) is 54.8 Å². The maximum absolute atomic E-state index is 12.5. The van der Waals surface area contributed by atoms with Crippen LogP contribution in [-0.2, 0) is 10.2 Å². The number of amides is 1. The second kappa shape index (κ2) is 7.13. The van der Waals surface area contributed by atoms with Crippen LogP contribution in [0.2, 0.25) is 0 Å². The summed E-state index contributed by atoms with van der Waals surface area (Å²) >= 11 is 1.43. The number of carboxylic acids is 1. The summed E-state index contributed by atoms with van der Waals surface area (Å²) < 4.78 is 0. The number of nitrogens with one attached hydrogen (secondary N) is 1. The molecule has 5 nitrogen and oxygen atoms in total. The van der Waals surface area contributed by atoms with Crippen molar-refractivity contribution >= 4 is 23.2 Å². The van der Waals surface area contributed by atoms with Gasteiger partial charge in [0.05, 0.1) is 17.0 Å². The van der Waals surface area contributed by atoms with Crippen LogP contribution in [0.5, 0.6) is 0 Å². The third-order valence-corrected chi connectivity index (χ3v) is 4.98. The fourth-order valence-electron chi connectivity index (χ4n) is 2.24. The molecule has 1 aromatic heterocycles. The Kier molecular flexibility index (Phi) is 5.39. The zero-order valence-corrected chi connectivity index (χ0v) is 15.1. The topological polar surface area (TPSA) is 79.3 Å². The molecule has 0 saturated heterocycles. The number of nitrogens with zero attached hydrogens (tertiary/aromatic N) is 1. The van der Waals surface area contributed by atoms with Gasteiger partial charge in [-0.05, 0) is 12.5 Å². The first-order valence-electron chi connectivity index (χ1n) is 7.74. The van der Waals surface area contributed by atoms with E-state index in [2.05, 4.69) is 10.3 Å². The van der Waals surface area contributed by atoms with Gasteiger partial charge >= 0.3 is 5.97 Å². The first kappa shape index (κ1) is 18.1. The maximum atomic E-state index is 12.5. The molecule has 1 aromatic carbocycles. The number of rotatable bonds is 5. The molecule has 2 unspecified atom stereocenters. The van der Waals surface area contributed by atoms with Crippen LogP contribution in [0, 0.1) is 5.92 Å². The molecule has 1 amide bonds. The minimum absolute atomic E-state index is 0.129. The Bertz CT molecular complexity index is 719. The van der Waals surface area contributed by atoms with Gasteiger partial charge in [-0.2, -0.15) is 0 Å². The summed E-state index contributed by atoms with van der Waals surface area (Å²) in [6, 6.07) is 8.51. The van der Waals surface area contributed by atoms with E-state index in [0.717, 1.165) is 10.6 Å². The first-order chi connectivity index (χ1) is 11.2. The molecule has 0 aliphatic heterocycles. The average molecular weight is 346 g/mol. The van der Waals surface area contributed by atoms with Crippen molar-refractivity contribution in [2.24, 2.45) is 5.92 Å². The highest BCUT2D eigenvalue weighted by Gasteiger charge is 2.28. The van der Waals surface area contributed by atoms with E-state index in [1.165, 1.54) is 11.3 Å². The monoisotopic (exact) mass is 346 g/mol. The molecule has 2 atom stereocenters. The van der Waals surface area contributed by atoms with Gasteiger partial charge in [0.1, 0.15) is 5.69 Å². The quantitative estimate of drug-likeness (QED) is 0.866. The van der Waals surface area contributed by atoms with Crippen LogP contribution in [-0.4, -0.2) is 22.0 Å². The Labute approximate surface area is 145 Å². The van der Waals surface area contributed by atoms with Gasteiger partial charge in [0.25, 0.3) is 5.91 Å². The van der Waals surface area contributed by atoms with Gasteiger partial charge in [0.2, 0.25) is 0 Å². The summed E-state index contributed by atoms with van der Waals surface area (Å²) in [5.74, 6) is -2.07. The van der Waals surface area contributed by atoms with Crippen molar-refractivity contribution < 1.29 is 14.7 Å². The van der Waals surface area contributed by atoms with Crippen molar-refractivity contribution in [3.8, 4) is 0 Å². The van der Waals surface area contributed by atoms with Gasteiger partial charge in [-0.3, -0.25) is 9.59 Å². The lowest BCUT2D eigenvalue weighted by atomic mass is 9.94. The second-order valence-corrected chi connectivity index (χ2v) is 7.63. The van der Waals surface area contributed by atoms with Crippen molar-refractivity contribution in [2.45, 2.75) is 39.2 Å². The molecule has 0 aliphatic rings. The van der Waals surface area contributed by atoms with Crippen LogP contribution in [0.3, 0.4) is 0 Å². The van der Waals surface area contributed by atoms with Crippen molar-refractivity contribution in [2.75, 3.05) is 0 Å². The standard InChI is InChI=1S/C18H22N2O3S/c1-11(16(22)23)14(12-8-6-5-7-9-12)20-15(21)13-10-24-17(19-13)18(2,3)4/h5-11,14H,1-4H3,(H,20,21)(H,22,23). The van der Waals surface area contributed by atoms with Gasteiger partial charge in [-0.25, -0.2) is 4.98 Å². The molecule has 0 aliphatic carbocycles. The fourth-order valence-corrected chi connectivity index (χ4v) is 3.13. The largest absolute Gasteiger partial charge is 0.481 e. The molecular formula is C18H22N2O3S. The molecule has 0 bridgehead atoms. The Hall–Kier alpha value is -2.21. The summed E-state index contributed by atoms with van der Waals surface area (Å²) in [7, 11) is 0. The highest BCUT2D eigenvalue weighted by molar-refractivity contribution is 7.10. The minimum atomic E-state index is -0.960. The summed E-state index contributed by atoms with van der Waals surface area (Å²) in [5, 5.41) is 14.7. The molecule has 2 rings (SSSR count). The minimum Gasteiger partial charge on any atom is -0.481 e. The second-order valence-electron chi connectivity index (χ2n) is 6.78.